The molecule has 2 fully saturated rings. The lowest BCUT2D eigenvalue weighted by Crippen LogP contribution is -2.50. The van der Waals surface area contributed by atoms with Crippen LogP contribution in [-0.2, 0) is 14.1 Å². The molecule has 1 saturated carbocycles. The van der Waals surface area contributed by atoms with Crippen molar-refractivity contribution in [1.29, 1.82) is 0 Å². The van der Waals surface area contributed by atoms with Gasteiger partial charge in [0.15, 0.2) is 5.78 Å². The summed E-state index contributed by atoms with van der Waals surface area (Å²) < 4.78 is 2.11. The largest absolute Gasteiger partial charge is 0.384 e. The van der Waals surface area contributed by atoms with Crippen LogP contribution >= 0.6 is 0 Å². The number of ketones is 1. The Morgan fingerprint density at radius 1 is 1.08 bits per heavy atom. The Kier molecular flexibility index (Phi) is 4.86. The number of carbonyl (C=O) groups excluding carboxylic acids is 1. The molecule has 3 atom stereocenters. The average Bonchev–Trinajstić information content (AvgIpc) is 2.63. The van der Waals surface area contributed by atoms with E-state index in [-0.39, 0.29) is 17.2 Å². The number of fused-ring (bicyclic) bond motifs is 1. The predicted molar refractivity (Wildman–Crippen MR) is 96.8 cm³/mol. The Morgan fingerprint density at radius 3 is 2.40 bits per heavy atom. The van der Waals surface area contributed by atoms with Gasteiger partial charge in [-0.1, -0.05) is 19.3 Å². The van der Waals surface area contributed by atoms with Gasteiger partial charge in [0.1, 0.15) is 11.4 Å². The number of nitrogens with zero attached hydrogens (tertiary/aromatic N) is 3. The van der Waals surface area contributed by atoms with Crippen LogP contribution in [0.25, 0.3) is 0 Å². The van der Waals surface area contributed by atoms with Gasteiger partial charge in [-0.05, 0) is 38.1 Å². The first-order chi connectivity index (χ1) is 11.8. The van der Waals surface area contributed by atoms with E-state index in [9.17, 15) is 14.4 Å². The highest BCUT2D eigenvalue weighted by Crippen LogP contribution is 2.36. The van der Waals surface area contributed by atoms with Crippen LogP contribution in [0, 0.1) is 11.8 Å². The van der Waals surface area contributed by atoms with E-state index in [2.05, 4.69) is 4.90 Å². The minimum Gasteiger partial charge on any atom is -0.384 e. The van der Waals surface area contributed by atoms with Crippen LogP contribution in [0.4, 0.5) is 5.82 Å². The van der Waals surface area contributed by atoms with E-state index < -0.39 is 17.3 Å². The van der Waals surface area contributed by atoms with Gasteiger partial charge in [-0.3, -0.25) is 23.6 Å². The van der Waals surface area contributed by atoms with Crippen molar-refractivity contribution < 1.29 is 4.79 Å². The van der Waals surface area contributed by atoms with Crippen molar-refractivity contribution >= 4 is 11.6 Å². The van der Waals surface area contributed by atoms with Crippen LogP contribution in [-0.4, -0.2) is 38.9 Å². The number of rotatable bonds is 3. The lowest BCUT2D eigenvalue weighted by Gasteiger charge is -2.43. The van der Waals surface area contributed by atoms with Crippen molar-refractivity contribution in [2.24, 2.45) is 25.9 Å². The van der Waals surface area contributed by atoms with Crippen LogP contribution in [0.5, 0.6) is 0 Å². The fourth-order valence-corrected chi connectivity index (χ4v) is 4.45. The van der Waals surface area contributed by atoms with Crippen LogP contribution in [0.2, 0.25) is 0 Å². The molecule has 1 aliphatic carbocycles. The van der Waals surface area contributed by atoms with Crippen molar-refractivity contribution in [2.45, 2.75) is 45.1 Å². The molecule has 1 saturated heterocycles. The number of hydrogen-bond acceptors (Lipinski definition) is 5. The summed E-state index contributed by atoms with van der Waals surface area (Å²) in [6.07, 6.45) is 6.23. The second kappa shape index (κ2) is 6.78. The summed E-state index contributed by atoms with van der Waals surface area (Å²) in [6, 6.07) is -0.407. The van der Waals surface area contributed by atoms with E-state index in [1.165, 1.54) is 39.8 Å². The van der Waals surface area contributed by atoms with Crippen molar-refractivity contribution in [3.8, 4) is 0 Å². The predicted octanol–water partition coefficient (Wildman–Crippen LogP) is 0.749. The second-order valence-corrected chi connectivity index (χ2v) is 7.59. The molecule has 7 heteroatoms. The van der Waals surface area contributed by atoms with E-state index in [1.54, 1.807) is 0 Å². The molecule has 0 bridgehead atoms. The summed E-state index contributed by atoms with van der Waals surface area (Å²) in [5.41, 5.74) is 4.75. The van der Waals surface area contributed by atoms with Gasteiger partial charge in [0, 0.05) is 20.6 Å². The Hall–Kier alpha value is -1.89. The summed E-state index contributed by atoms with van der Waals surface area (Å²) >= 11 is 0. The molecule has 1 aromatic rings. The molecule has 138 valence electrons. The maximum absolute atomic E-state index is 13.0. The highest BCUT2D eigenvalue weighted by Gasteiger charge is 2.36. The van der Waals surface area contributed by atoms with Crippen molar-refractivity contribution in [3.05, 3.63) is 26.4 Å². The first-order valence-electron chi connectivity index (χ1n) is 9.16. The highest BCUT2D eigenvalue weighted by atomic mass is 16.2. The smallest absolute Gasteiger partial charge is 0.332 e. The highest BCUT2D eigenvalue weighted by molar-refractivity contribution is 6.03. The van der Waals surface area contributed by atoms with Gasteiger partial charge in [-0.25, -0.2) is 4.79 Å². The summed E-state index contributed by atoms with van der Waals surface area (Å²) in [5.74, 6) is 1.10. The Bertz CT molecular complexity index is 795. The first kappa shape index (κ1) is 17.9. The molecule has 25 heavy (non-hydrogen) atoms. The van der Waals surface area contributed by atoms with Crippen molar-refractivity contribution in [1.82, 2.24) is 14.0 Å². The summed E-state index contributed by atoms with van der Waals surface area (Å²) in [6.45, 7) is 3.62. The summed E-state index contributed by atoms with van der Waals surface area (Å²) in [4.78, 5) is 39.6. The molecule has 2 heterocycles. The van der Waals surface area contributed by atoms with E-state index in [4.69, 9.17) is 5.73 Å². The number of likely N-dealkylation sites (tertiary alicyclic amines) is 1. The SMILES string of the molecule is C[C@H](C(=O)c1c(N)n(C)c(=O)n(C)c1=O)N1CC[C@H]2CCCC[C@H]2C1. The molecular weight excluding hydrogens is 320 g/mol. The quantitative estimate of drug-likeness (QED) is 0.814. The first-order valence-corrected chi connectivity index (χ1v) is 9.16. The zero-order valence-electron chi connectivity index (χ0n) is 15.3. The minimum atomic E-state index is -0.606. The van der Waals surface area contributed by atoms with Gasteiger partial charge in [-0.15, -0.1) is 0 Å². The fraction of sp³-hybridized carbons (Fsp3) is 0.722. The Balaban J connectivity index is 1.86. The van der Waals surface area contributed by atoms with Gasteiger partial charge >= 0.3 is 5.69 Å². The zero-order valence-corrected chi connectivity index (χ0v) is 15.3. The third-order valence-corrected chi connectivity index (χ3v) is 6.21. The number of Topliss-reactive ketones (excluding diaryl/α,β-unsaturated/α-hetero) is 1. The average molecular weight is 348 g/mol. The van der Waals surface area contributed by atoms with E-state index in [0.717, 1.165) is 34.6 Å². The van der Waals surface area contributed by atoms with Crippen LogP contribution in [0.1, 0.15) is 49.4 Å². The Morgan fingerprint density at radius 2 is 1.72 bits per heavy atom. The molecule has 0 unspecified atom stereocenters. The minimum absolute atomic E-state index is 0.0440. The molecule has 0 spiro atoms. The summed E-state index contributed by atoms with van der Waals surface area (Å²) in [7, 11) is 2.85. The van der Waals surface area contributed by atoms with E-state index in [1.807, 2.05) is 6.92 Å². The van der Waals surface area contributed by atoms with Crippen LogP contribution < -0.4 is 17.0 Å². The lowest BCUT2D eigenvalue weighted by molar-refractivity contribution is 0.0517. The molecule has 7 nitrogen and oxygen atoms in total. The molecule has 1 aliphatic heterocycles. The van der Waals surface area contributed by atoms with Crippen molar-refractivity contribution in [3.63, 3.8) is 0 Å². The lowest BCUT2D eigenvalue weighted by atomic mass is 9.75. The number of piperidine rings is 1. The van der Waals surface area contributed by atoms with Gasteiger partial charge in [0.25, 0.3) is 5.56 Å². The number of anilines is 1. The summed E-state index contributed by atoms with van der Waals surface area (Å²) in [5, 5.41) is 0. The molecule has 0 radical (unpaired) electrons. The van der Waals surface area contributed by atoms with Crippen LogP contribution in [0.3, 0.4) is 0 Å². The fourth-order valence-electron chi connectivity index (χ4n) is 4.45. The number of carbonyl (C=O) groups is 1. The van der Waals surface area contributed by atoms with Gasteiger partial charge in [0.05, 0.1) is 6.04 Å². The molecule has 2 aliphatic rings. The molecule has 0 amide bonds. The molecule has 2 N–H and O–H groups in total. The third kappa shape index (κ3) is 3.05. The van der Waals surface area contributed by atoms with Crippen LogP contribution in [0.15, 0.2) is 9.59 Å². The van der Waals surface area contributed by atoms with E-state index >= 15 is 0 Å². The monoisotopic (exact) mass is 348 g/mol. The number of nitrogen functional groups attached to an aromatic ring is 1. The maximum atomic E-state index is 13.0. The number of aromatic nitrogens is 2. The maximum Gasteiger partial charge on any atom is 0.332 e. The molecule has 1 aromatic heterocycles. The van der Waals surface area contributed by atoms with E-state index in [0.29, 0.717) is 5.92 Å². The zero-order chi connectivity index (χ0) is 18.3. The molecular formula is C18H28N4O3. The van der Waals surface area contributed by atoms with Gasteiger partial charge in [0.2, 0.25) is 0 Å². The number of hydrogen-bond donors (Lipinski definition) is 1. The number of nitrogens with two attached hydrogens (primary N) is 1. The normalized spacial score (nSPS) is 25.4. The standard InChI is InChI=1S/C18H28N4O3/c1-11(22-9-8-12-6-4-5-7-13(12)10-22)15(23)14-16(19)20(2)18(25)21(3)17(14)24/h11-13H,4-10,19H2,1-3H3/t11-,12-,13+/m1/s1. The third-order valence-electron chi connectivity index (χ3n) is 6.21. The Labute approximate surface area is 147 Å². The van der Waals surface area contributed by atoms with Gasteiger partial charge in [-0.2, -0.15) is 0 Å². The van der Waals surface area contributed by atoms with Crippen molar-refractivity contribution in [2.75, 3.05) is 18.8 Å². The molecule has 0 aromatic carbocycles. The second-order valence-electron chi connectivity index (χ2n) is 7.59. The topological polar surface area (TPSA) is 90.3 Å². The molecule has 3 rings (SSSR count). The van der Waals surface area contributed by atoms with Gasteiger partial charge < -0.3 is 5.73 Å².